The van der Waals surface area contributed by atoms with E-state index < -0.39 is 0 Å². The highest BCUT2D eigenvalue weighted by Crippen LogP contribution is 2.49. The number of urea groups is 1. The number of aryl methyl sites for hydroxylation is 1. The number of rotatable bonds is 5. The van der Waals surface area contributed by atoms with E-state index in [1.807, 2.05) is 6.07 Å². The molecule has 3 atom stereocenters. The molecule has 172 valence electrons. The molecule has 1 aliphatic heterocycles. The van der Waals surface area contributed by atoms with Crippen LogP contribution in [0.25, 0.3) is 0 Å². The molecule has 0 radical (unpaired) electrons. The maximum Gasteiger partial charge on any atom is 0.319 e. The maximum absolute atomic E-state index is 13.8. The smallest absolute Gasteiger partial charge is 0.319 e. The van der Waals surface area contributed by atoms with Crippen LogP contribution in [0.2, 0.25) is 0 Å². The molecule has 32 heavy (non-hydrogen) atoms. The maximum atomic E-state index is 13.8. The van der Waals surface area contributed by atoms with Gasteiger partial charge in [-0.3, -0.25) is 0 Å². The van der Waals surface area contributed by atoms with Gasteiger partial charge in [-0.1, -0.05) is 12.1 Å². The molecule has 7 heteroatoms. The van der Waals surface area contributed by atoms with E-state index in [0.29, 0.717) is 17.3 Å². The summed E-state index contributed by atoms with van der Waals surface area (Å²) in [6.45, 7) is 2.71. The highest BCUT2D eigenvalue weighted by atomic mass is 19.1. The third-order valence-electron chi connectivity index (χ3n) is 7.25. The molecule has 1 heterocycles. The summed E-state index contributed by atoms with van der Waals surface area (Å²) >= 11 is 0. The van der Waals surface area contributed by atoms with Crippen LogP contribution < -0.4 is 20.1 Å². The number of ether oxygens (including phenoxy) is 2. The number of hydrogen-bond acceptors (Lipinski definition) is 4. The first kappa shape index (κ1) is 22.4. The van der Waals surface area contributed by atoms with Crippen molar-refractivity contribution < 1.29 is 18.7 Å². The van der Waals surface area contributed by atoms with Crippen molar-refractivity contribution in [1.29, 1.82) is 0 Å². The Labute approximate surface area is 189 Å². The Hall–Kier alpha value is -2.80. The van der Waals surface area contributed by atoms with Gasteiger partial charge in [-0.25, -0.2) is 9.18 Å². The Bertz CT molecular complexity index is 998. The third kappa shape index (κ3) is 4.13. The van der Waals surface area contributed by atoms with Gasteiger partial charge in [0.05, 0.1) is 14.2 Å². The number of nitrogens with zero attached hydrogens (tertiary/aromatic N) is 1. The summed E-state index contributed by atoms with van der Waals surface area (Å²) in [6, 6.07) is 11.1. The first-order valence-electron chi connectivity index (χ1n) is 11.1. The number of likely N-dealkylation sites (tertiary alicyclic amines) is 1. The van der Waals surface area contributed by atoms with Crippen molar-refractivity contribution in [2.45, 2.75) is 50.1 Å². The van der Waals surface area contributed by atoms with E-state index >= 15 is 0 Å². The van der Waals surface area contributed by atoms with Crippen molar-refractivity contribution in [3.05, 3.63) is 53.3 Å². The van der Waals surface area contributed by atoms with E-state index in [-0.39, 0.29) is 23.3 Å². The van der Waals surface area contributed by atoms with E-state index in [1.165, 1.54) is 11.6 Å². The molecule has 1 saturated carbocycles. The van der Waals surface area contributed by atoms with Crippen LogP contribution in [0.5, 0.6) is 11.5 Å². The van der Waals surface area contributed by atoms with Gasteiger partial charge in [-0.2, -0.15) is 0 Å². The van der Waals surface area contributed by atoms with Crippen molar-refractivity contribution in [3.8, 4) is 11.5 Å². The molecule has 0 aromatic heterocycles. The zero-order valence-electron chi connectivity index (χ0n) is 19.2. The molecule has 1 saturated heterocycles. The number of carbonyl (C=O) groups is 1. The number of methoxy groups -OCH3 is 2. The summed E-state index contributed by atoms with van der Waals surface area (Å²) in [5, 5.41) is 5.86. The Kier molecular flexibility index (Phi) is 6.29. The second-order valence-corrected chi connectivity index (χ2v) is 9.01. The molecule has 2 aromatic rings. The molecule has 0 bridgehead atoms. The number of nitrogens with one attached hydrogen (secondary N) is 2. The van der Waals surface area contributed by atoms with Gasteiger partial charge in [0.1, 0.15) is 5.82 Å². The predicted octanol–water partition coefficient (Wildman–Crippen LogP) is 4.47. The lowest BCUT2D eigenvalue weighted by Gasteiger charge is -2.45. The minimum Gasteiger partial charge on any atom is -0.493 e. The van der Waals surface area contributed by atoms with Crippen molar-refractivity contribution in [2.75, 3.05) is 33.1 Å². The zero-order valence-corrected chi connectivity index (χ0v) is 19.2. The van der Waals surface area contributed by atoms with Gasteiger partial charge < -0.3 is 25.0 Å². The molecule has 4 rings (SSSR count). The highest BCUT2D eigenvalue weighted by molar-refractivity contribution is 5.89. The molecule has 2 fully saturated rings. The summed E-state index contributed by atoms with van der Waals surface area (Å²) in [6.07, 6.45) is 3.79. The van der Waals surface area contributed by atoms with Crippen LogP contribution in [0.3, 0.4) is 0 Å². The van der Waals surface area contributed by atoms with Gasteiger partial charge >= 0.3 is 6.03 Å². The van der Waals surface area contributed by atoms with Gasteiger partial charge in [0, 0.05) is 23.2 Å². The van der Waals surface area contributed by atoms with Crippen LogP contribution in [-0.2, 0) is 5.41 Å². The molecule has 2 amide bonds. The summed E-state index contributed by atoms with van der Waals surface area (Å²) < 4.78 is 24.8. The molecule has 2 aromatic carbocycles. The summed E-state index contributed by atoms with van der Waals surface area (Å²) in [4.78, 5) is 15.0. The normalized spacial score (nSPS) is 25.2. The number of anilines is 1. The molecular formula is C25H32FN3O3. The average Bonchev–Trinajstić information content (AvgIpc) is 3.13. The fraction of sp³-hybridized carbons (Fsp3) is 0.480. The first-order valence-corrected chi connectivity index (χ1v) is 11.1. The number of amides is 2. The van der Waals surface area contributed by atoms with Crippen LogP contribution in [0.15, 0.2) is 36.4 Å². The number of benzene rings is 2. The van der Waals surface area contributed by atoms with Gasteiger partial charge in [0.25, 0.3) is 0 Å². The summed E-state index contributed by atoms with van der Waals surface area (Å²) in [5.41, 5.74) is 2.31. The number of carbonyl (C=O) groups excluding carboxylic acids is 1. The van der Waals surface area contributed by atoms with E-state index in [2.05, 4.69) is 34.7 Å². The monoisotopic (exact) mass is 441 g/mol. The number of hydrogen-bond donors (Lipinski definition) is 2. The van der Waals surface area contributed by atoms with Crippen LogP contribution in [0.4, 0.5) is 14.9 Å². The lowest BCUT2D eigenvalue weighted by molar-refractivity contribution is 0.156. The second-order valence-electron chi connectivity index (χ2n) is 9.01. The van der Waals surface area contributed by atoms with Crippen molar-refractivity contribution >= 4 is 11.7 Å². The van der Waals surface area contributed by atoms with Crippen LogP contribution in [0.1, 0.15) is 36.8 Å². The minimum absolute atomic E-state index is 0.0308. The number of fused-ring (bicyclic) bond motifs is 1. The fourth-order valence-corrected chi connectivity index (χ4v) is 5.42. The fourth-order valence-electron chi connectivity index (χ4n) is 5.42. The van der Waals surface area contributed by atoms with E-state index in [1.54, 1.807) is 33.3 Å². The Balaban J connectivity index is 1.47. The van der Waals surface area contributed by atoms with Gasteiger partial charge in [0.15, 0.2) is 11.5 Å². The Morgan fingerprint density at radius 2 is 1.91 bits per heavy atom. The SMILES string of the molecule is COc1ccc(C23CCC(NC(=O)Nc4ccc(C)c(F)c4)CC2N(C)CC3)cc1OC. The molecule has 0 spiro atoms. The van der Waals surface area contributed by atoms with Gasteiger partial charge in [-0.05, 0) is 81.6 Å². The lowest BCUT2D eigenvalue weighted by Crippen LogP contribution is -2.52. The van der Waals surface area contributed by atoms with Gasteiger partial charge in [-0.15, -0.1) is 0 Å². The van der Waals surface area contributed by atoms with Crippen molar-refractivity contribution in [3.63, 3.8) is 0 Å². The van der Waals surface area contributed by atoms with E-state index in [0.717, 1.165) is 43.7 Å². The number of likely N-dealkylation sites (N-methyl/N-ethyl adjacent to an activating group) is 1. The minimum atomic E-state index is -0.326. The predicted molar refractivity (Wildman–Crippen MR) is 123 cm³/mol. The van der Waals surface area contributed by atoms with Crippen molar-refractivity contribution in [1.82, 2.24) is 10.2 Å². The highest BCUT2D eigenvalue weighted by Gasteiger charge is 2.50. The Morgan fingerprint density at radius 1 is 1.12 bits per heavy atom. The number of halogens is 1. The van der Waals surface area contributed by atoms with Crippen LogP contribution >= 0.6 is 0 Å². The first-order chi connectivity index (χ1) is 15.4. The van der Waals surface area contributed by atoms with Crippen LogP contribution in [0, 0.1) is 12.7 Å². The topological polar surface area (TPSA) is 62.8 Å². The molecule has 2 aliphatic rings. The average molecular weight is 442 g/mol. The zero-order chi connectivity index (χ0) is 22.9. The van der Waals surface area contributed by atoms with Crippen LogP contribution in [-0.4, -0.2) is 50.8 Å². The molecule has 2 N–H and O–H groups in total. The lowest BCUT2D eigenvalue weighted by atomic mass is 9.65. The molecule has 3 unspecified atom stereocenters. The van der Waals surface area contributed by atoms with E-state index in [9.17, 15) is 9.18 Å². The summed E-state index contributed by atoms with van der Waals surface area (Å²) in [5.74, 6) is 1.15. The van der Waals surface area contributed by atoms with E-state index in [4.69, 9.17) is 9.47 Å². The van der Waals surface area contributed by atoms with Crippen molar-refractivity contribution in [2.24, 2.45) is 0 Å². The largest absolute Gasteiger partial charge is 0.493 e. The second kappa shape index (κ2) is 8.98. The quantitative estimate of drug-likeness (QED) is 0.719. The molecule has 6 nitrogen and oxygen atoms in total. The van der Waals surface area contributed by atoms with Gasteiger partial charge in [0.2, 0.25) is 0 Å². The standard InChI is InChI=1S/C25H32FN3O3/c1-16-5-7-18(14-20(16)26)27-24(30)28-19-9-10-25(11-12-29(2)23(25)15-19)17-6-8-21(31-3)22(13-17)32-4/h5-8,13-14,19,23H,9-12,15H2,1-4H3,(H2,27,28,30). The molecule has 1 aliphatic carbocycles. The Morgan fingerprint density at radius 3 is 2.62 bits per heavy atom. The third-order valence-corrected chi connectivity index (χ3v) is 7.25. The summed E-state index contributed by atoms with van der Waals surface area (Å²) in [7, 11) is 5.47. The molecular weight excluding hydrogens is 409 g/mol.